The van der Waals surface area contributed by atoms with E-state index in [2.05, 4.69) is 0 Å². The Hall–Kier alpha value is -1.08. The van der Waals surface area contributed by atoms with E-state index in [1.807, 2.05) is 0 Å². The minimum absolute atomic E-state index is 0.145. The topological polar surface area (TPSA) is 101 Å². The number of amides is 2. The molecular weight excluding hydrogens is 232 g/mol. The summed E-state index contributed by atoms with van der Waals surface area (Å²) in [5, 5.41) is 8.52. The molecule has 0 radical (unpaired) electrons. The lowest BCUT2D eigenvalue weighted by molar-refractivity contribution is -0.139. The second-order valence-corrected chi connectivity index (χ2v) is 4.61. The zero-order chi connectivity index (χ0) is 12.1. The van der Waals surface area contributed by atoms with Crippen LogP contribution in [0, 0.1) is 0 Å². The minimum Gasteiger partial charge on any atom is -0.480 e. The van der Waals surface area contributed by atoms with Gasteiger partial charge in [0.05, 0.1) is 0 Å². The Bertz CT molecular complexity index is 292. The number of carboxylic acid groups (broad SMARTS) is 1. The standard InChI is InChI=1S/C9H14N2O4S/c10-6(9(14)15)5-16-4-3-11-7(12)1-2-8(11)13/h6H,1-5,10H2,(H,14,15)/t6-/m0/s1. The molecule has 0 bridgehead atoms. The van der Waals surface area contributed by atoms with Crippen LogP contribution < -0.4 is 5.73 Å². The van der Waals surface area contributed by atoms with Crippen LogP contribution in [0.4, 0.5) is 0 Å². The maximum Gasteiger partial charge on any atom is 0.321 e. The van der Waals surface area contributed by atoms with Crippen molar-refractivity contribution in [3.8, 4) is 0 Å². The van der Waals surface area contributed by atoms with Crippen molar-refractivity contribution in [3.63, 3.8) is 0 Å². The number of nitrogens with zero attached hydrogens (tertiary/aromatic N) is 1. The molecule has 90 valence electrons. The molecule has 1 aliphatic rings. The van der Waals surface area contributed by atoms with Gasteiger partial charge in [0.1, 0.15) is 6.04 Å². The van der Waals surface area contributed by atoms with Gasteiger partial charge in [-0.15, -0.1) is 0 Å². The molecule has 0 spiro atoms. The predicted octanol–water partition coefficient (Wildman–Crippen LogP) is -0.720. The van der Waals surface area contributed by atoms with E-state index in [-0.39, 0.29) is 30.4 Å². The molecule has 0 aromatic rings. The van der Waals surface area contributed by atoms with Gasteiger partial charge in [0, 0.05) is 30.9 Å². The minimum atomic E-state index is -1.04. The van der Waals surface area contributed by atoms with Crippen LogP contribution in [-0.4, -0.2) is 51.9 Å². The van der Waals surface area contributed by atoms with Crippen molar-refractivity contribution in [2.75, 3.05) is 18.1 Å². The molecule has 1 aliphatic heterocycles. The third-order valence-corrected chi connectivity index (χ3v) is 3.29. The van der Waals surface area contributed by atoms with Crippen LogP contribution in [0.5, 0.6) is 0 Å². The van der Waals surface area contributed by atoms with Gasteiger partial charge in [-0.2, -0.15) is 11.8 Å². The predicted molar refractivity (Wildman–Crippen MR) is 58.9 cm³/mol. The molecule has 6 nitrogen and oxygen atoms in total. The van der Waals surface area contributed by atoms with Crippen LogP contribution in [-0.2, 0) is 14.4 Å². The molecule has 2 amide bonds. The summed E-state index contributed by atoms with van der Waals surface area (Å²) in [6.45, 7) is 0.342. The van der Waals surface area contributed by atoms with E-state index in [1.54, 1.807) is 0 Å². The molecule has 0 aromatic carbocycles. The van der Waals surface area contributed by atoms with Crippen molar-refractivity contribution in [2.45, 2.75) is 18.9 Å². The summed E-state index contributed by atoms with van der Waals surface area (Å²) < 4.78 is 0. The van der Waals surface area contributed by atoms with Gasteiger partial charge < -0.3 is 10.8 Å². The molecule has 0 saturated carbocycles. The summed E-state index contributed by atoms with van der Waals surface area (Å²) in [6, 6.07) is -0.894. The second kappa shape index (κ2) is 5.86. The highest BCUT2D eigenvalue weighted by Gasteiger charge is 2.28. The third kappa shape index (κ3) is 3.49. The van der Waals surface area contributed by atoms with Gasteiger partial charge in [-0.1, -0.05) is 0 Å². The number of imide groups is 1. The molecule has 0 unspecified atom stereocenters. The van der Waals surface area contributed by atoms with Gasteiger partial charge in [-0.3, -0.25) is 19.3 Å². The number of carbonyl (C=O) groups excluding carboxylic acids is 2. The highest BCUT2D eigenvalue weighted by atomic mass is 32.2. The number of rotatable bonds is 6. The molecule has 3 N–H and O–H groups in total. The molecular formula is C9H14N2O4S. The molecule has 16 heavy (non-hydrogen) atoms. The second-order valence-electron chi connectivity index (χ2n) is 3.46. The number of hydrogen-bond donors (Lipinski definition) is 2. The van der Waals surface area contributed by atoms with Crippen LogP contribution in [0.1, 0.15) is 12.8 Å². The molecule has 0 aromatic heterocycles. The molecule has 1 saturated heterocycles. The molecule has 1 heterocycles. The van der Waals surface area contributed by atoms with Crippen molar-refractivity contribution in [2.24, 2.45) is 5.73 Å². The Balaban J connectivity index is 2.18. The summed E-state index contributed by atoms with van der Waals surface area (Å²) in [4.78, 5) is 34.0. The summed E-state index contributed by atoms with van der Waals surface area (Å²) in [6.07, 6.45) is 0.580. The number of carbonyl (C=O) groups is 3. The summed E-state index contributed by atoms with van der Waals surface area (Å²) in [7, 11) is 0. The van der Waals surface area contributed by atoms with Crippen LogP contribution in [0.15, 0.2) is 0 Å². The number of thioether (sulfide) groups is 1. The fourth-order valence-corrected chi connectivity index (χ4v) is 2.18. The quantitative estimate of drug-likeness (QED) is 0.474. The first-order valence-electron chi connectivity index (χ1n) is 4.91. The zero-order valence-electron chi connectivity index (χ0n) is 8.72. The molecule has 0 aliphatic carbocycles. The first kappa shape index (κ1) is 13.0. The van der Waals surface area contributed by atoms with E-state index < -0.39 is 12.0 Å². The van der Waals surface area contributed by atoms with Gasteiger partial charge >= 0.3 is 5.97 Å². The largest absolute Gasteiger partial charge is 0.480 e. The fraction of sp³-hybridized carbons (Fsp3) is 0.667. The van der Waals surface area contributed by atoms with Crippen LogP contribution in [0.25, 0.3) is 0 Å². The Morgan fingerprint density at radius 3 is 2.50 bits per heavy atom. The van der Waals surface area contributed by atoms with E-state index in [0.717, 1.165) is 0 Å². The van der Waals surface area contributed by atoms with E-state index >= 15 is 0 Å². The summed E-state index contributed by atoms with van der Waals surface area (Å²) in [5.74, 6) is -0.522. The van der Waals surface area contributed by atoms with E-state index in [1.165, 1.54) is 16.7 Å². The number of likely N-dealkylation sites (tertiary alicyclic amines) is 1. The van der Waals surface area contributed by atoms with E-state index in [0.29, 0.717) is 12.3 Å². The first-order chi connectivity index (χ1) is 7.52. The Morgan fingerprint density at radius 2 is 2.00 bits per heavy atom. The number of aliphatic carboxylic acids is 1. The van der Waals surface area contributed by atoms with Crippen LogP contribution in [0.3, 0.4) is 0 Å². The average Bonchev–Trinajstić information content (AvgIpc) is 2.54. The third-order valence-electron chi connectivity index (χ3n) is 2.23. The zero-order valence-corrected chi connectivity index (χ0v) is 9.53. The van der Waals surface area contributed by atoms with Crippen molar-refractivity contribution in [1.29, 1.82) is 0 Å². The highest BCUT2D eigenvalue weighted by Crippen LogP contribution is 2.12. The Kier molecular flexibility index (Phi) is 4.75. The van der Waals surface area contributed by atoms with E-state index in [4.69, 9.17) is 10.8 Å². The summed E-state index contributed by atoms with van der Waals surface area (Å²) in [5.41, 5.74) is 5.30. The molecule has 1 fully saturated rings. The maximum absolute atomic E-state index is 11.2. The highest BCUT2D eigenvalue weighted by molar-refractivity contribution is 7.99. The monoisotopic (exact) mass is 246 g/mol. The van der Waals surface area contributed by atoms with Crippen LogP contribution in [0.2, 0.25) is 0 Å². The summed E-state index contributed by atoms with van der Waals surface area (Å²) >= 11 is 1.33. The number of nitrogens with two attached hydrogens (primary N) is 1. The first-order valence-corrected chi connectivity index (χ1v) is 6.07. The van der Waals surface area contributed by atoms with Crippen molar-refractivity contribution in [3.05, 3.63) is 0 Å². The molecule has 7 heteroatoms. The lowest BCUT2D eigenvalue weighted by Crippen LogP contribution is -2.34. The smallest absolute Gasteiger partial charge is 0.321 e. The van der Waals surface area contributed by atoms with Crippen LogP contribution >= 0.6 is 11.8 Å². The lowest BCUT2D eigenvalue weighted by atomic mass is 10.4. The molecule has 1 rings (SSSR count). The van der Waals surface area contributed by atoms with Gasteiger partial charge in [-0.25, -0.2) is 0 Å². The van der Waals surface area contributed by atoms with Gasteiger partial charge in [-0.05, 0) is 0 Å². The van der Waals surface area contributed by atoms with Crippen molar-refractivity contribution >= 4 is 29.5 Å². The fourth-order valence-electron chi connectivity index (χ4n) is 1.31. The van der Waals surface area contributed by atoms with Gasteiger partial charge in [0.2, 0.25) is 11.8 Å². The SMILES string of the molecule is N[C@@H](CSCCN1C(=O)CCC1=O)C(=O)O. The van der Waals surface area contributed by atoms with Crippen molar-refractivity contribution < 1.29 is 19.5 Å². The van der Waals surface area contributed by atoms with Gasteiger partial charge in [0.25, 0.3) is 0 Å². The van der Waals surface area contributed by atoms with Crippen molar-refractivity contribution in [1.82, 2.24) is 4.90 Å². The Morgan fingerprint density at radius 1 is 1.44 bits per heavy atom. The average molecular weight is 246 g/mol. The van der Waals surface area contributed by atoms with Gasteiger partial charge in [0.15, 0.2) is 0 Å². The normalized spacial score (nSPS) is 17.9. The molecule has 1 atom stereocenters. The number of hydrogen-bond acceptors (Lipinski definition) is 5. The Labute approximate surface area is 97.2 Å². The van der Waals surface area contributed by atoms with E-state index in [9.17, 15) is 14.4 Å². The lowest BCUT2D eigenvalue weighted by Gasteiger charge is -2.13. The number of carboxylic acids is 1. The maximum atomic E-state index is 11.2.